The molecule has 4 rings (SSSR count). The summed E-state index contributed by atoms with van der Waals surface area (Å²) in [5.74, 6) is 0.101. The van der Waals surface area contributed by atoms with Gasteiger partial charge in [-0.1, -0.05) is 0 Å². The highest BCUT2D eigenvalue weighted by Gasteiger charge is 2.38. The molecule has 0 spiro atoms. The molecule has 12 heteroatoms. The maximum Gasteiger partial charge on any atom is 0.419 e. The van der Waals surface area contributed by atoms with Crippen molar-refractivity contribution in [3.63, 3.8) is 0 Å². The highest BCUT2D eigenvalue weighted by molar-refractivity contribution is 5.99. The summed E-state index contributed by atoms with van der Waals surface area (Å²) >= 11 is 0. The number of alkyl halides is 3. The first kappa shape index (κ1) is 25.4. The average Bonchev–Trinajstić information content (AvgIpc) is 2.82. The molecular weight excluding hydrogens is 475 g/mol. The lowest BCUT2D eigenvalue weighted by molar-refractivity contribution is -0.138. The molecule has 0 unspecified atom stereocenters. The largest absolute Gasteiger partial charge is 0.419 e. The van der Waals surface area contributed by atoms with Crippen molar-refractivity contribution < 1.29 is 22.7 Å². The number of rotatable bonds is 5. The van der Waals surface area contributed by atoms with Crippen molar-refractivity contribution in [2.75, 3.05) is 18.4 Å². The summed E-state index contributed by atoms with van der Waals surface area (Å²) in [5.41, 5.74) is 1.34. The van der Waals surface area contributed by atoms with Crippen LogP contribution in [0, 0.1) is 13.8 Å². The molecule has 1 saturated heterocycles. The molecule has 3 aromatic heterocycles. The Morgan fingerprint density at radius 3 is 2.44 bits per heavy atom. The van der Waals surface area contributed by atoms with E-state index in [0.29, 0.717) is 36.0 Å². The second kappa shape index (κ2) is 10.1. The fourth-order valence-corrected chi connectivity index (χ4v) is 4.28. The van der Waals surface area contributed by atoms with Crippen LogP contribution < -0.4 is 5.32 Å². The third-order valence-electron chi connectivity index (χ3n) is 5.89. The molecule has 1 aliphatic rings. The summed E-state index contributed by atoms with van der Waals surface area (Å²) < 4.78 is 44.4. The van der Waals surface area contributed by atoms with Gasteiger partial charge in [-0.3, -0.25) is 4.79 Å². The minimum absolute atomic E-state index is 0.0177. The van der Waals surface area contributed by atoms with Gasteiger partial charge in [0.1, 0.15) is 5.69 Å². The number of carbonyl (C=O) groups excluding carboxylic acids is 1. The predicted molar refractivity (Wildman–Crippen MR) is 125 cm³/mol. The Bertz CT molecular complexity index is 1220. The molecule has 0 aromatic carbocycles. The SMILES string of the molecule is Cc1cc(C)c(-c2ncccn2)c(C(=O)N2C[C@@H](C)O[C@@H](C)[C@H]2CNc2ncc(C(F)(F)F)cn2)n1. The first-order valence-electron chi connectivity index (χ1n) is 11.4. The van der Waals surface area contributed by atoms with E-state index in [1.54, 1.807) is 23.4 Å². The van der Waals surface area contributed by atoms with Crippen LogP contribution in [0.15, 0.2) is 36.9 Å². The van der Waals surface area contributed by atoms with E-state index in [4.69, 9.17) is 4.74 Å². The van der Waals surface area contributed by atoms with E-state index in [1.807, 2.05) is 33.8 Å². The lowest BCUT2D eigenvalue weighted by Crippen LogP contribution is -2.58. The van der Waals surface area contributed by atoms with Crippen LogP contribution in [-0.2, 0) is 10.9 Å². The number of hydrogen-bond acceptors (Lipinski definition) is 8. The number of ether oxygens (including phenoxy) is 1. The summed E-state index contributed by atoms with van der Waals surface area (Å²) in [6.07, 6.45) is -0.494. The van der Waals surface area contributed by atoms with Gasteiger partial charge in [-0.25, -0.2) is 24.9 Å². The Kier molecular flexibility index (Phi) is 7.16. The summed E-state index contributed by atoms with van der Waals surface area (Å²) in [5, 5.41) is 2.94. The number of aryl methyl sites for hydroxylation is 2. The molecule has 4 heterocycles. The predicted octanol–water partition coefficient (Wildman–Crippen LogP) is 3.69. The van der Waals surface area contributed by atoms with E-state index < -0.39 is 17.8 Å². The summed E-state index contributed by atoms with van der Waals surface area (Å²) in [4.78, 5) is 36.3. The number of hydrogen-bond donors (Lipinski definition) is 1. The second-order valence-corrected chi connectivity index (χ2v) is 8.73. The third kappa shape index (κ3) is 5.43. The van der Waals surface area contributed by atoms with Gasteiger partial charge in [-0.05, 0) is 45.4 Å². The lowest BCUT2D eigenvalue weighted by atomic mass is 10.0. The first-order valence-corrected chi connectivity index (χ1v) is 11.4. The number of aromatic nitrogens is 5. The Hall–Kier alpha value is -3.67. The molecule has 1 N–H and O–H groups in total. The Morgan fingerprint density at radius 1 is 1.14 bits per heavy atom. The Balaban J connectivity index is 1.63. The molecule has 0 bridgehead atoms. The van der Waals surface area contributed by atoms with Crippen LogP contribution in [0.3, 0.4) is 0 Å². The number of pyridine rings is 1. The minimum Gasteiger partial charge on any atom is -0.372 e. The van der Waals surface area contributed by atoms with Gasteiger partial charge in [-0.15, -0.1) is 0 Å². The second-order valence-electron chi connectivity index (χ2n) is 8.73. The molecule has 9 nitrogen and oxygen atoms in total. The zero-order valence-corrected chi connectivity index (χ0v) is 20.2. The van der Waals surface area contributed by atoms with Crippen molar-refractivity contribution in [2.45, 2.75) is 52.1 Å². The van der Waals surface area contributed by atoms with Crippen LogP contribution in [0.4, 0.5) is 19.1 Å². The van der Waals surface area contributed by atoms with E-state index in [9.17, 15) is 18.0 Å². The highest BCUT2D eigenvalue weighted by atomic mass is 19.4. The van der Waals surface area contributed by atoms with E-state index >= 15 is 0 Å². The summed E-state index contributed by atoms with van der Waals surface area (Å²) in [6, 6.07) is 3.10. The van der Waals surface area contributed by atoms with Gasteiger partial charge in [0.15, 0.2) is 5.82 Å². The lowest BCUT2D eigenvalue weighted by Gasteiger charge is -2.43. The third-order valence-corrected chi connectivity index (χ3v) is 5.89. The normalized spacial score (nSPS) is 20.3. The van der Waals surface area contributed by atoms with E-state index in [0.717, 1.165) is 5.56 Å². The van der Waals surface area contributed by atoms with E-state index in [-0.39, 0.29) is 36.3 Å². The smallest absolute Gasteiger partial charge is 0.372 e. The van der Waals surface area contributed by atoms with Gasteiger partial charge in [0.05, 0.1) is 29.4 Å². The summed E-state index contributed by atoms with van der Waals surface area (Å²) in [6.45, 7) is 7.86. The molecule has 0 radical (unpaired) electrons. The van der Waals surface area contributed by atoms with Gasteiger partial charge < -0.3 is 15.0 Å². The first-order chi connectivity index (χ1) is 17.0. The van der Waals surface area contributed by atoms with Crippen molar-refractivity contribution in [1.29, 1.82) is 0 Å². The van der Waals surface area contributed by atoms with Crippen LogP contribution in [0.1, 0.15) is 41.2 Å². The van der Waals surface area contributed by atoms with Gasteiger partial charge in [0, 0.05) is 43.6 Å². The number of nitrogens with one attached hydrogen (secondary N) is 1. The van der Waals surface area contributed by atoms with Crippen LogP contribution in [0.25, 0.3) is 11.4 Å². The van der Waals surface area contributed by atoms with Crippen LogP contribution in [-0.4, -0.2) is 67.1 Å². The number of amides is 1. The molecular formula is C24H26F3N7O2. The monoisotopic (exact) mass is 501 g/mol. The fraction of sp³-hybridized carbons (Fsp3) is 0.417. The fourth-order valence-electron chi connectivity index (χ4n) is 4.28. The number of halogens is 3. The van der Waals surface area contributed by atoms with Crippen LogP contribution >= 0.6 is 0 Å². The zero-order valence-electron chi connectivity index (χ0n) is 20.2. The maximum atomic E-state index is 13.9. The standard InChI is InChI=1S/C24H26F3N7O2/c1-13-8-14(2)33-20(19(13)21-28-6-5-7-29-21)22(35)34-12-15(3)36-16(4)18(34)11-32-23-30-9-17(10-31-23)24(25,26)27/h5-10,15-16,18H,11-12H2,1-4H3,(H,30,31,32)/t15-,16+,18-/m1/s1. The van der Waals surface area contributed by atoms with Crippen molar-refractivity contribution in [2.24, 2.45) is 0 Å². The Morgan fingerprint density at radius 2 is 1.81 bits per heavy atom. The van der Waals surface area contributed by atoms with E-state index in [2.05, 4.69) is 30.2 Å². The zero-order chi connectivity index (χ0) is 26.0. The van der Waals surface area contributed by atoms with Gasteiger partial charge in [0.25, 0.3) is 5.91 Å². The molecule has 1 fully saturated rings. The molecule has 190 valence electrons. The number of morpholine rings is 1. The molecule has 1 amide bonds. The minimum atomic E-state index is -4.53. The van der Waals surface area contributed by atoms with Gasteiger partial charge in [0.2, 0.25) is 5.95 Å². The van der Waals surface area contributed by atoms with E-state index in [1.165, 1.54) is 0 Å². The van der Waals surface area contributed by atoms with Crippen LogP contribution in [0.5, 0.6) is 0 Å². The average molecular weight is 502 g/mol. The van der Waals surface area contributed by atoms with Crippen molar-refractivity contribution in [1.82, 2.24) is 29.8 Å². The quantitative estimate of drug-likeness (QED) is 0.564. The van der Waals surface area contributed by atoms with Gasteiger partial charge >= 0.3 is 6.18 Å². The highest BCUT2D eigenvalue weighted by Crippen LogP contribution is 2.29. The van der Waals surface area contributed by atoms with Crippen molar-refractivity contribution in [3.05, 3.63) is 59.4 Å². The molecule has 36 heavy (non-hydrogen) atoms. The van der Waals surface area contributed by atoms with Crippen molar-refractivity contribution in [3.8, 4) is 11.4 Å². The molecule has 0 saturated carbocycles. The molecule has 3 aromatic rings. The van der Waals surface area contributed by atoms with Crippen molar-refractivity contribution >= 4 is 11.9 Å². The number of nitrogens with zero attached hydrogens (tertiary/aromatic N) is 6. The Labute approximate surface area is 206 Å². The molecule has 3 atom stereocenters. The topological polar surface area (TPSA) is 106 Å². The molecule has 0 aliphatic carbocycles. The molecule has 1 aliphatic heterocycles. The maximum absolute atomic E-state index is 13.9. The summed E-state index contributed by atoms with van der Waals surface area (Å²) in [7, 11) is 0. The number of anilines is 1. The van der Waals surface area contributed by atoms with Crippen LogP contribution in [0.2, 0.25) is 0 Å². The van der Waals surface area contributed by atoms with Gasteiger partial charge in [-0.2, -0.15) is 13.2 Å². The number of carbonyl (C=O) groups is 1.